The van der Waals surface area contributed by atoms with E-state index in [4.69, 9.17) is 0 Å². The zero-order valence-corrected chi connectivity index (χ0v) is 14.7. The number of halogens is 1. The molecule has 0 aromatic heterocycles. The first kappa shape index (κ1) is 16.0. The average Bonchev–Trinajstić information content (AvgIpc) is 2.54. The summed E-state index contributed by atoms with van der Waals surface area (Å²) in [6.45, 7) is 5.07. The third-order valence-corrected chi connectivity index (χ3v) is 8.39. The van der Waals surface area contributed by atoms with E-state index in [0.29, 0.717) is 11.8 Å². The number of sulfonamides is 1. The van der Waals surface area contributed by atoms with Crippen molar-refractivity contribution in [3.05, 3.63) is 0 Å². The zero-order valence-electron chi connectivity index (χ0n) is 11.8. The maximum Gasteiger partial charge on any atom is 0.216 e. The minimum absolute atomic E-state index is 0.163. The fourth-order valence-corrected chi connectivity index (χ4v) is 5.61. The Morgan fingerprint density at radius 1 is 1.16 bits per heavy atom. The van der Waals surface area contributed by atoms with Crippen LogP contribution in [0.4, 0.5) is 0 Å². The van der Waals surface area contributed by atoms with Crippen LogP contribution >= 0.6 is 22.6 Å². The first-order chi connectivity index (χ1) is 8.65. The molecule has 6 heteroatoms. The summed E-state index contributed by atoms with van der Waals surface area (Å²) in [5.74, 6) is 0.750. The normalized spacial score (nSPS) is 40.2. The zero-order chi connectivity index (χ0) is 14.4. The first-order valence-electron chi connectivity index (χ1n) is 6.99. The average molecular weight is 401 g/mol. The molecule has 0 saturated heterocycles. The monoisotopic (exact) mass is 401 g/mol. The Morgan fingerprint density at radius 2 is 1.68 bits per heavy atom. The van der Waals surface area contributed by atoms with Gasteiger partial charge in [0.05, 0.1) is 16.9 Å². The van der Waals surface area contributed by atoms with Crippen molar-refractivity contribution in [3.8, 4) is 0 Å². The Labute approximate surface area is 129 Å². The minimum Gasteiger partial charge on any atom is -0.390 e. The summed E-state index contributed by atoms with van der Waals surface area (Å²) >= 11 is 2.30. The van der Waals surface area contributed by atoms with E-state index < -0.39 is 20.9 Å². The number of alkyl halides is 1. The standard InChI is InChI=1S/C13H24INO3S/c1-13(2,3)19(17,18)15-11-9-7-5-4-6-8(9)10(14)12(11)16/h8-12,15-16H,4-7H2,1-3H3/t8-,9+,10-,11-,12-/m0/s1. The Bertz CT molecular complexity index is 432. The summed E-state index contributed by atoms with van der Waals surface area (Å²) in [6.07, 6.45) is 3.92. The van der Waals surface area contributed by atoms with Gasteiger partial charge in [0.1, 0.15) is 0 Å². The van der Waals surface area contributed by atoms with Gasteiger partial charge in [0.2, 0.25) is 10.0 Å². The molecule has 2 fully saturated rings. The van der Waals surface area contributed by atoms with E-state index in [1.54, 1.807) is 20.8 Å². The molecule has 2 saturated carbocycles. The maximum absolute atomic E-state index is 12.3. The molecule has 2 N–H and O–H groups in total. The topological polar surface area (TPSA) is 66.4 Å². The SMILES string of the molecule is CC(C)(C)S(=O)(=O)N[C@@H]1[C@@H](O)[C@@H](I)[C@H]2CCCC[C@H]21. The summed E-state index contributed by atoms with van der Waals surface area (Å²) in [6, 6.07) is -0.309. The van der Waals surface area contributed by atoms with Gasteiger partial charge in [0.25, 0.3) is 0 Å². The van der Waals surface area contributed by atoms with Gasteiger partial charge in [-0.2, -0.15) is 0 Å². The molecule has 2 rings (SSSR count). The molecule has 0 unspecified atom stereocenters. The highest BCUT2D eigenvalue weighted by Crippen LogP contribution is 2.46. The molecule has 0 radical (unpaired) electrons. The van der Waals surface area contributed by atoms with E-state index in [2.05, 4.69) is 27.3 Å². The van der Waals surface area contributed by atoms with E-state index >= 15 is 0 Å². The molecule has 0 heterocycles. The van der Waals surface area contributed by atoms with Crippen molar-refractivity contribution in [1.82, 2.24) is 4.72 Å². The van der Waals surface area contributed by atoms with Crippen molar-refractivity contribution in [2.45, 2.75) is 67.3 Å². The van der Waals surface area contributed by atoms with Crippen LogP contribution < -0.4 is 4.72 Å². The van der Waals surface area contributed by atoms with Gasteiger partial charge in [-0.3, -0.25) is 0 Å². The number of hydrogen-bond acceptors (Lipinski definition) is 3. The summed E-state index contributed by atoms with van der Waals surface area (Å²) in [5.41, 5.74) is 0. The molecule has 0 spiro atoms. The molecule has 0 aromatic rings. The highest BCUT2D eigenvalue weighted by atomic mass is 127. The van der Waals surface area contributed by atoms with Gasteiger partial charge in [0.15, 0.2) is 0 Å². The fourth-order valence-electron chi connectivity index (χ4n) is 3.25. The van der Waals surface area contributed by atoms with Gasteiger partial charge < -0.3 is 5.11 Å². The largest absolute Gasteiger partial charge is 0.390 e. The van der Waals surface area contributed by atoms with Crippen molar-refractivity contribution in [2.75, 3.05) is 0 Å². The second-order valence-corrected chi connectivity index (χ2v) is 10.7. The molecule has 19 heavy (non-hydrogen) atoms. The highest BCUT2D eigenvalue weighted by molar-refractivity contribution is 14.1. The number of aliphatic hydroxyl groups excluding tert-OH is 1. The molecular formula is C13H24INO3S. The number of hydrogen-bond donors (Lipinski definition) is 2. The second-order valence-electron chi connectivity index (χ2n) is 6.81. The molecule has 0 aromatic carbocycles. The molecule has 2 aliphatic carbocycles. The molecule has 4 nitrogen and oxygen atoms in total. The Morgan fingerprint density at radius 3 is 2.21 bits per heavy atom. The Kier molecular flexibility index (Phi) is 4.56. The van der Waals surface area contributed by atoms with Crippen molar-refractivity contribution in [3.63, 3.8) is 0 Å². The van der Waals surface area contributed by atoms with Crippen molar-refractivity contribution < 1.29 is 13.5 Å². The lowest BCUT2D eigenvalue weighted by molar-refractivity contribution is 0.153. The fraction of sp³-hybridized carbons (Fsp3) is 1.00. The van der Waals surface area contributed by atoms with Gasteiger partial charge in [-0.1, -0.05) is 35.4 Å². The van der Waals surface area contributed by atoms with Crippen molar-refractivity contribution in [1.29, 1.82) is 0 Å². The molecule has 0 aliphatic heterocycles. The number of fused-ring (bicyclic) bond motifs is 1. The Balaban J connectivity index is 2.20. The lowest BCUT2D eigenvalue weighted by atomic mass is 9.80. The quantitative estimate of drug-likeness (QED) is 0.550. The molecule has 0 bridgehead atoms. The minimum atomic E-state index is -3.40. The van der Waals surface area contributed by atoms with E-state index in [0.717, 1.165) is 19.3 Å². The second kappa shape index (κ2) is 5.42. The number of nitrogens with one attached hydrogen (secondary N) is 1. The van der Waals surface area contributed by atoms with Crippen molar-refractivity contribution >= 4 is 32.6 Å². The predicted molar refractivity (Wildman–Crippen MR) is 84.9 cm³/mol. The van der Waals surface area contributed by atoms with Gasteiger partial charge in [-0.05, 0) is 45.4 Å². The summed E-state index contributed by atoms with van der Waals surface area (Å²) in [7, 11) is -3.40. The number of aliphatic hydroxyl groups is 1. The van der Waals surface area contributed by atoms with Gasteiger partial charge in [0, 0.05) is 3.92 Å². The van der Waals surface area contributed by atoms with Crippen LogP contribution in [0, 0.1) is 11.8 Å². The van der Waals surface area contributed by atoms with Gasteiger partial charge in [-0.15, -0.1) is 0 Å². The van der Waals surface area contributed by atoms with Crippen LogP contribution in [0.1, 0.15) is 46.5 Å². The van der Waals surface area contributed by atoms with Crippen molar-refractivity contribution in [2.24, 2.45) is 11.8 Å². The highest BCUT2D eigenvalue weighted by Gasteiger charge is 2.51. The van der Waals surface area contributed by atoms with Crippen LogP contribution in [0.2, 0.25) is 0 Å². The summed E-state index contributed by atoms with van der Waals surface area (Å²) in [4.78, 5) is 0. The summed E-state index contributed by atoms with van der Waals surface area (Å²) < 4.78 is 26.7. The van der Waals surface area contributed by atoms with E-state index in [1.807, 2.05) is 0 Å². The van der Waals surface area contributed by atoms with Crippen LogP contribution in [0.15, 0.2) is 0 Å². The number of rotatable bonds is 2. The lowest BCUT2D eigenvalue weighted by Gasteiger charge is -2.31. The summed E-state index contributed by atoms with van der Waals surface area (Å²) in [5, 5.41) is 10.4. The maximum atomic E-state index is 12.3. The van der Waals surface area contributed by atoms with Crippen LogP contribution in [0.3, 0.4) is 0 Å². The third-order valence-electron chi connectivity index (χ3n) is 4.54. The first-order valence-corrected chi connectivity index (χ1v) is 9.72. The van der Waals surface area contributed by atoms with Crippen LogP contribution in [-0.2, 0) is 10.0 Å². The molecule has 0 amide bonds. The van der Waals surface area contributed by atoms with E-state index in [1.165, 1.54) is 6.42 Å². The van der Waals surface area contributed by atoms with Gasteiger partial charge in [-0.25, -0.2) is 13.1 Å². The van der Waals surface area contributed by atoms with E-state index in [9.17, 15) is 13.5 Å². The Hall–Kier alpha value is 0.600. The molecule has 5 atom stereocenters. The van der Waals surface area contributed by atoms with E-state index in [-0.39, 0.29) is 9.97 Å². The predicted octanol–water partition coefficient (Wildman–Crippen LogP) is 2.06. The lowest BCUT2D eigenvalue weighted by Crippen LogP contribution is -2.50. The molecule has 2 aliphatic rings. The smallest absolute Gasteiger partial charge is 0.216 e. The van der Waals surface area contributed by atoms with Crippen LogP contribution in [0.5, 0.6) is 0 Å². The molecule has 112 valence electrons. The van der Waals surface area contributed by atoms with Crippen LogP contribution in [-0.4, -0.2) is 34.3 Å². The third kappa shape index (κ3) is 2.96. The van der Waals surface area contributed by atoms with Crippen LogP contribution in [0.25, 0.3) is 0 Å². The molecular weight excluding hydrogens is 377 g/mol. The van der Waals surface area contributed by atoms with Gasteiger partial charge >= 0.3 is 0 Å².